The summed E-state index contributed by atoms with van der Waals surface area (Å²) in [6, 6.07) is 7.56. The molecule has 0 spiro atoms. The van der Waals surface area contributed by atoms with Crippen molar-refractivity contribution in [2.45, 2.75) is 13.0 Å². The average Bonchev–Trinajstić information content (AvgIpc) is 2.79. The summed E-state index contributed by atoms with van der Waals surface area (Å²) in [6.07, 6.45) is 0.235. The highest BCUT2D eigenvalue weighted by Crippen LogP contribution is 2.22. The average molecular weight is 295 g/mol. The molecule has 1 heterocycles. The lowest BCUT2D eigenvalue weighted by Gasteiger charge is -2.05. The molecule has 0 aliphatic rings. The van der Waals surface area contributed by atoms with Crippen LogP contribution in [-0.4, -0.2) is 35.2 Å². The number of nitrogens with one attached hydrogen (secondary N) is 2. The molecule has 0 saturated heterocycles. The van der Waals surface area contributed by atoms with Crippen LogP contribution in [0.2, 0.25) is 5.15 Å². The maximum atomic E-state index is 11.6. The third kappa shape index (κ3) is 3.27. The molecule has 0 fully saturated rings. The second-order valence-corrected chi connectivity index (χ2v) is 4.59. The van der Waals surface area contributed by atoms with Gasteiger partial charge in [0.05, 0.1) is 18.6 Å². The van der Waals surface area contributed by atoms with Crippen molar-refractivity contribution < 1.29 is 9.59 Å². The first-order valence-corrected chi connectivity index (χ1v) is 6.58. The number of aromatic nitrogens is 2. The van der Waals surface area contributed by atoms with Gasteiger partial charge in [-0.1, -0.05) is 23.7 Å². The largest absolute Gasteiger partial charge is 0.358 e. The third-order valence-corrected chi connectivity index (χ3v) is 3.17. The molecule has 1 aromatic heterocycles. The minimum Gasteiger partial charge on any atom is -0.358 e. The number of amides is 2. The normalized spacial score (nSPS) is 10.5. The van der Waals surface area contributed by atoms with Gasteiger partial charge in [-0.2, -0.15) is 5.10 Å². The molecule has 0 saturated carbocycles. The molecule has 0 radical (unpaired) electrons. The molecule has 0 unspecified atom stereocenters. The van der Waals surface area contributed by atoms with Crippen LogP contribution in [0.25, 0.3) is 10.9 Å². The summed E-state index contributed by atoms with van der Waals surface area (Å²) in [7, 11) is 1.52. The highest BCUT2D eigenvalue weighted by atomic mass is 35.5. The summed E-state index contributed by atoms with van der Waals surface area (Å²) < 4.78 is 1.69. The number of carbonyl (C=O) groups excluding carboxylic acids is 2. The Hall–Kier alpha value is -2.08. The van der Waals surface area contributed by atoms with Gasteiger partial charge in [-0.05, 0) is 12.1 Å². The maximum absolute atomic E-state index is 11.6. The van der Waals surface area contributed by atoms with Crippen molar-refractivity contribution in [3.05, 3.63) is 29.4 Å². The van der Waals surface area contributed by atoms with Crippen molar-refractivity contribution in [1.82, 2.24) is 20.4 Å². The van der Waals surface area contributed by atoms with E-state index in [2.05, 4.69) is 15.7 Å². The standard InChI is InChI=1S/C13H15ClN4O2/c1-15-12(20)8-16-11(19)6-7-18-10-5-3-2-4-9(10)13(14)17-18/h2-5H,6-8H2,1H3,(H,15,20)(H,16,19). The van der Waals surface area contributed by atoms with E-state index in [1.807, 2.05) is 24.3 Å². The maximum Gasteiger partial charge on any atom is 0.239 e. The minimum atomic E-state index is -0.231. The van der Waals surface area contributed by atoms with Crippen LogP contribution in [0.1, 0.15) is 6.42 Å². The number of hydrogen-bond acceptors (Lipinski definition) is 3. The van der Waals surface area contributed by atoms with Gasteiger partial charge >= 0.3 is 0 Å². The van der Waals surface area contributed by atoms with E-state index >= 15 is 0 Å². The van der Waals surface area contributed by atoms with Gasteiger partial charge in [0.15, 0.2) is 5.15 Å². The van der Waals surface area contributed by atoms with Crippen LogP contribution in [0.15, 0.2) is 24.3 Å². The Balaban J connectivity index is 1.96. The number of aryl methyl sites for hydroxylation is 1. The van der Waals surface area contributed by atoms with Crippen molar-refractivity contribution in [1.29, 1.82) is 0 Å². The first-order chi connectivity index (χ1) is 9.61. The molecule has 1 aromatic carbocycles. The smallest absolute Gasteiger partial charge is 0.239 e. The van der Waals surface area contributed by atoms with Crippen LogP contribution in [0.3, 0.4) is 0 Å². The fraction of sp³-hybridized carbons (Fsp3) is 0.308. The topological polar surface area (TPSA) is 76.0 Å². The molecular weight excluding hydrogens is 280 g/mol. The van der Waals surface area contributed by atoms with Crippen LogP contribution in [0.4, 0.5) is 0 Å². The number of nitrogens with zero attached hydrogens (tertiary/aromatic N) is 2. The SMILES string of the molecule is CNC(=O)CNC(=O)CCn1nc(Cl)c2ccccc21. The Kier molecular flexibility index (Phi) is 4.57. The van der Waals surface area contributed by atoms with E-state index in [-0.39, 0.29) is 24.8 Å². The molecule has 0 bridgehead atoms. The van der Waals surface area contributed by atoms with Gasteiger partial charge in [-0.25, -0.2) is 0 Å². The van der Waals surface area contributed by atoms with Crippen molar-refractivity contribution in [2.24, 2.45) is 0 Å². The minimum absolute atomic E-state index is 0.0179. The third-order valence-electron chi connectivity index (χ3n) is 2.89. The van der Waals surface area contributed by atoms with Crippen molar-refractivity contribution in [3.63, 3.8) is 0 Å². The number of benzene rings is 1. The first-order valence-electron chi connectivity index (χ1n) is 6.20. The lowest BCUT2D eigenvalue weighted by Crippen LogP contribution is -2.35. The quantitative estimate of drug-likeness (QED) is 0.862. The van der Waals surface area contributed by atoms with Crippen molar-refractivity contribution >= 4 is 34.3 Å². The Bertz CT molecular complexity index is 638. The number of halogens is 1. The number of likely N-dealkylation sites (N-methyl/N-ethyl adjacent to an activating group) is 1. The fourth-order valence-electron chi connectivity index (χ4n) is 1.82. The van der Waals surface area contributed by atoms with E-state index in [0.29, 0.717) is 11.7 Å². The number of hydrogen-bond donors (Lipinski definition) is 2. The summed E-state index contributed by atoms with van der Waals surface area (Å²) in [5.41, 5.74) is 0.886. The van der Waals surface area contributed by atoms with E-state index in [4.69, 9.17) is 11.6 Å². The molecule has 2 rings (SSSR count). The number of rotatable bonds is 5. The fourth-order valence-corrected chi connectivity index (χ4v) is 2.07. The van der Waals surface area contributed by atoms with E-state index in [0.717, 1.165) is 10.9 Å². The van der Waals surface area contributed by atoms with Gasteiger partial charge in [0, 0.05) is 18.9 Å². The molecule has 2 amide bonds. The molecule has 0 aliphatic heterocycles. The highest BCUT2D eigenvalue weighted by Gasteiger charge is 2.10. The van der Waals surface area contributed by atoms with Crippen LogP contribution < -0.4 is 10.6 Å². The van der Waals surface area contributed by atoms with Crippen LogP contribution in [0, 0.1) is 0 Å². The molecule has 20 heavy (non-hydrogen) atoms. The zero-order chi connectivity index (χ0) is 14.5. The summed E-state index contributed by atoms with van der Waals surface area (Å²) in [4.78, 5) is 22.6. The zero-order valence-electron chi connectivity index (χ0n) is 11.0. The van der Waals surface area contributed by atoms with Gasteiger partial charge < -0.3 is 10.6 Å². The monoisotopic (exact) mass is 294 g/mol. The Labute approximate surface area is 121 Å². The summed E-state index contributed by atoms with van der Waals surface area (Å²) in [5.74, 6) is -0.435. The first kappa shape index (κ1) is 14.3. The van der Waals surface area contributed by atoms with Crippen LogP contribution >= 0.6 is 11.6 Å². The van der Waals surface area contributed by atoms with E-state index in [1.54, 1.807) is 4.68 Å². The number of carbonyl (C=O) groups is 2. The molecule has 6 nitrogen and oxygen atoms in total. The summed E-state index contributed by atoms with van der Waals surface area (Å²) in [5, 5.41) is 10.4. The van der Waals surface area contributed by atoms with Gasteiger partial charge in [0.1, 0.15) is 0 Å². The lowest BCUT2D eigenvalue weighted by molar-refractivity contribution is -0.126. The van der Waals surface area contributed by atoms with Crippen LogP contribution in [-0.2, 0) is 16.1 Å². The Morgan fingerprint density at radius 1 is 1.30 bits per heavy atom. The predicted octanol–water partition coefficient (Wildman–Crippen LogP) is 0.942. The van der Waals surface area contributed by atoms with Gasteiger partial charge in [0.25, 0.3) is 0 Å². The molecular formula is C13H15ClN4O2. The van der Waals surface area contributed by atoms with E-state index in [9.17, 15) is 9.59 Å². The molecule has 106 valence electrons. The number of para-hydroxylation sites is 1. The molecule has 0 atom stereocenters. The molecule has 2 N–H and O–H groups in total. The Morgan fingerprint density at radius 2 is 2.05 bits per heavy atom. The Morgan fingerprint density at radius 3 is 2.80 bits per heavy atom. The van der Waals surface area contributed by atoms with Crippen molar-refractivity contribution in [2.75, 3.05) is 13.6 Å². The molecule has 7 heteroatoms. The molecule has 0 aliphatic carbocycles. The number of fused-ring (bicyclic) bond motifs is 1. The predicted molar refractivity (Wildman–Crippen MR) is 76.4 cm³/mol. The second kappa shape index (κ2) is 6.38. The van der Waals surface area contributed by atoms with E-state index < -0.39 is 0 Å². The van der Waals surface area contributed by atoms with E-state index in [1.165, 1.54) is 7.05 Å². The highest BCUT2D eigenvalue weighted by molar-refractivity contribution is 6.34. The summed E-state index contributed by atoms with van der Waals surface area (Å²) in [6.45, 7) is 0.392. The zero-order valence-corrected chi connectivity index (χ0v) is 11.8. The van der Waals surface area contributed by atoms with Crippen molar-refractivity contribution in [3.8, 4) is 0 Å². The van der Waals surface area contributed by atoms with Crippen LogP contribution in [0.5, 0.6) is 0 Å². The second-order valence-electron chi connectivity index (χ2n) is 4.23. The van der Waals surface area contributed by atoms with Gasteiger partial charge in [0.2, 0.25) is 11.8 Å². The van der Waals surface area contributed by atoms with Gasteiger partial charge in [-0.15, -0.1) is 0 Å². The van der Waals surface area contributed by atoms with Gasteiger partial charge in [-0.3, -0.25) is 14.3 Å². The summed E-state index contributed by atoms with van der Waals surface area (Å²) >= 11 is 6.03. The lowest BCUT2D eigenvalue weighted by atomic mass is 10.2. The molecule has 2 aromatic rings.